The van der Waals surface area contributed by atoms with E-state index in [9.17, 15) is 0 Å². The van der Waals surface area contributed by atoms with E-state index in [2.05, 4.69) is 39.6 Å². The molecule has 2 aliphatic rings. The minimum Gasteiger partial charge on any atom is -0.374 e. The van der Waals surface area contributed by atoms with E-state index in [-0.39, 0.29) is 35.2 Å². The molecule has 4 rings (SSSR count). The van der Waals surface area contributed by atoms with Crippen LogP contribution >= 0.6 is 0 Å². The number of piperidine rings is 1. The maximum absolute atomic E-state index is 15.3. The van der Waals surface area contributed by atoms with Crippen LogP contribution in [0.15, 0.2) is 42.5 Å². The minimum atomic E-state index is -0.383. The van der Waals surface area contributed by atoms with Gasteiger partial charge >= 0.3 is 0 Å². The number of hydrogen-bond donors (Lipinski definition) is 0. The van der Waals surface area contributed by atoms with Crippen molar-refractivity contribution in [2.45, 2.75) is 76.9 Å². The fourth-order valence-corrected chi connectivity index (χ4v) is 5.47. The van der Waals surface area contributed by atoms with Crippen molar-refractivity contribution in [3.63, 3.8) is 0 Å². The van der Waals surface area contributed by atoms with Gasteiger partial charge in [0.05, 0.1) is 13.2 Å². The Hall–Kier alpha value is -1.79. The molecule has 0 aromatic heterocycles. The molecule has 0 aliphatic carbocycles. The van der Waals surface area contributed by atoms with Gasteiger partial charge in [0.1, 0.15) is 11.9 Å². The molecule has 0 unspecified atom stereocenters. The molecule has 180 valence electrons. The lowest BCUT2D eigenvalue weighted by atomic mass is 9.71. The highest BCUT2D eigenvalue weighted by atomic mass is 19.1. The second-order valence-electron chi connectivity index (χ2n) is 10.7. The van der Waals surface area contributed by atoms with Crippen LogP contribution in [0.25, 0.3) is 11.1 Å². The Balaban J connectivity index is 1.47. The van der Waals surface area contributed by atoms with Crippen molar-refractivity contribution >= 4 is 0 Å². The van der Waals surface area contributed by atoms with E-state index in [4.69, 9.17) is 14.2 Å². The molecule has 2 fully saturated rings. The lowest BCUT2D eigenvalue weighted by molar-refractivity contribution is -0.229. The monoisotopic (exact) mass is 455 g/mol. The first-order chi connectivity index (χ1) is 15.6. The third kappa shape index (κ3) is 5.17. The zero-order valence-corrected chi connectivity index (χ0v) is 20.9. The number of hydrogen-bond acceptors (Lipinski definition) is 4. The third-order valence-corrected chi connectivity index (χ3v) is 7.53. The molecule has 33 heavy (non-hydrogen) atoms. The van der Waals surface area contributed by atoms with Crippen molar-refractivity contribution in [3.05, 3.63) is 59.4 Å². The molecule has 0 saturated carbocycles. The van der Waals surface area contributed by atoms with Crippen LogP contribution in [0.4, 0.5) is 4.39 Å². The topological polar surface area (TPSA) is 30.9 Å². The predicted molar refractivity (Wildman–Crippen MR) is 130 cm³/mol. The van der Waals surface area contributed by atoms with Gasteiger partial charge in [-0.2, -0.15) is 0 Å². The zero-order valence-electron chi connectivity index (χ0n) is 20.9. The average Bonchev–Trinajstić information content (AvgIpc) is 2.78. The van der Waals surface area contributed by atoms with Crippen LogP contribution < -0.4 is 0 Å². The lowest BCUT2D eigenvalue weighted by Crippen LogP contribution is -2.58. The van der Waals surface area contributed by atoms with Crippen LogP contribution in [0.5, 0.6) is 0 Å². The summed E-state index contributed by atoms with van der Waals surface area (Å²) in [5.74, 6) is 0.0994. The highest BCUT2D eigenvalue weighted by molar-refractivity contribution is 5.64. The van der Waals surface area contributed by atoms with E-state index in [0.717, 1.165) is 35.1 Å². The van der Waals surface area contributed by atoms with Gasteiger partial charge in [-0.15, -0.1) is 0 Å². The molecule has 0 bridgehead atoms. The van der Waals surface area contributed by atoms with Gasteiger partial charge in [0.2, 0.25) is 0 Å². The minimum absolute atomic E-state index is 0.00673. The molecule has 0 spiro atoms. The average molecular weight is 456 g/mol. The van der Waals surface area contributed by atoms with Gasteiger partial charge in [0.25, 0.3) is 0 Å². The summed E-state index contributed by atoms with van der Waals surface area (Å²) in [6.45, 7) is 12.7. The number of ether oxygens (including phenoxy) is 3. The van der Waals surface area contributed by atoms with Gasteiger partial charge in [-0.25, -0.2) is 4.39 Å². The molecule has 2 aliphatic heterocycles. The Morgan fingerprint density at radius 2 is 1.52 bits per heavy atom. The van der Waals surface area contributed by atoms with Gasteiger partial charge in [-0.05, 0) is 83.2 Å². The first-order valence-electron chi connectivity index (χ1n) is 12.1. The van der Waals surface area contributed by atoms with Crippen LogP contribution in [0.2, 0.25) is 0 Å². The molecule has 5 heteroatoms. The molecule has 0 radical (unpaired) electrons. The molecule has 0 amide bonds. The Morgan fingerprint density at radius 1 is 0.939 bits per heavy atom. The second-order valence-corrected chi connectivity index (χ2v) is 10.7. The number of nitrogens with zero attached hydrogens (tertiary/aromatic N) is 1. The summed E-state index contributed by atoms with van der Waals surface area (Å²) < 4.78 is 32.5. The van der Waals surface area contributed by atoms with Crippen molar-refractivity contribution < 1.29 is 18.6 Å². The van der Waals surface area contributed by atoms with Crippen molar-refractivity contribution in [3.8, 4) is 11.1 Å². The Kier molecular flexibility index (Phi) is 6.97. The van der Waals surface area contributed by atoms with Crippen LogP contribution in [0.1, 0.15) is 70.8 Å². The standard InChI is InChI=1S/C28H38FNO3/c1-7-31-23-17-32-26(33-18-23)20-10-8-19(9-11-20)21-12-13-24(25(29)14-21)22-15-27(2,3)30(6)28(4,5)16-22/h8-14,22-23,26H,7,15-18H2,1-6H3. The highest BCUT2D eigenvalue weighted by Gasteiger charge is 2.43. The number of likely N-dealkylation sites (tertiary alicyclic amines) is 1. The summed E-state index contributed by atoms with van der Waals surface area (Å²) >= 11 is 0. The van der Waals surface area contributed by atoms with Gasteiger partial charge in [0.15, 0.2) is 6.29 Å². The zero-order chi connectivity index (χ0) is 23.8. The smallest absolute Gasteiger partial charge is 0.184 e. The normalized spacial score (nSPS) is 25.8. The molecule has 2 heterocycles. The first kappa shape index (κ1) is 24.3. The van der Waals surface area contributed by atoms with E-state index in [1.54, 1.807) is 6.07 Å². The Labute approximate surface area is 198 Å². The molecule has 2 aromatic rings. The largest absolute Gasteiger partial charge is 0.374 e. The summed E-state index contributed by atoms with van der Waals surface area (Å²) in [5.41, 5.74) is 3.71. The molecule has 0 atom stereocenters. The number of rotatable bonds is 5. The molecule has 4 nitrogen and oxygen atoms in total. The highest BCUT2D eigenvalue weighted by Crippen LogP contribution is 2.45. The van der Waals surface area contributed by atoms with Crippen LogP contribution in [0, 0.1) is 5.82 Å². The van der Waals surface area contributed by atoms with Gasteiger partial charge in [0, 0.05) is 23.2 Å². The van der Waals surface area contributed by atoms with Crippen molar-refractivity contribution in [2.24, 2.45) is 0 Å². The predicted octanol–water partition coefficient (Wildman–Crippen LogP) is 6.31. The number of halogens is 1. The van der Waals surface area contributed by atoms with E-state index in [1.165, 1.54) is 0 Å². The maximum Gasteiger partial charge on any atom is 0.184 e. The molecule has 0 N–H and O–H groups in total. The van der Waals surface area contributed by atoms with E-state index in [0.29, 0.717) is 19.8 Å². The SMILES string of the molecule is CCOC1COC(c2ccc(-c3ccc(C4CC(C)(C)N(C)C(C)(C)C4)c(F)c3)cc2)OC1. The second kappa shape index (κ2) is 9.46. The van der Waals surface area contributed by atoms with Crippen molar-refractivity contribution in [2.75, 3.05) is 26.9 Å². The van der Waals surface area contributed by atoms with E-state index >= 15 is 4.39 Å². The van der Waals surface area contributed by atoms with Crippen LogP contribution in [-0.4, -0.2) is 49.0 Å². The summed E-state index contributed by atoms with van der Waals surface area (Å²) in [4.78, 5) is 2.43. The molecular formula is C28H38FNO3. The van der Waals surface area contributed by atoms with E-state index in [1.807, 2.05) is 43.3 Å². The van der Waals surface area contributed by atoms with Gasteiger partial charge in [-0.1, -0.05) is 36.4 Å². The summed E-state index contributed by atoms with van der Waals surface area (Å²) in [5, 5.41) is 0. The molecule has 2 aromatic carbocycles. The lowest BCUT2D eigenvalue weighted by Gasteiger charge is -2.54. The van der Waals surface area contributed by atoms with Crippen molar-refractivity contribution in [1.82, 2.24) is 4.90 Å². The fourth-order valence-electron chi connectivity index (χ4n) is 5.47. The van der Waals surface area contributed by atoms with Gasteiger partial charge < -0.3 is 14.2 Å². The maximum atomic E-state index is 15.3. The Bertz CT molecular complexity index is 930. The molecule has 2 saturated heterocycles. The van der Waals surface area contributed by atoms with E-state index < -0.39 is 0 Å². The number of benzene rings is 2. The summed E-state index contributed by atoms with van der Waals surface area (Å²) in [7, 11) is 2.18. The quantitative estimate of drug-likeness (QED) is 0.529. The molecular weight excluding hydrogens is 417 g/mol. The fraction of sp³-hybridized carbons (Fsp3) is 0.571. The van der Waals surface area contributed by atoms with Crippen LogP contribution in [0.3, 0.4) is 0 Å². The van der Waals surface area contributed by atoms with Gasteiger partial charge in [-0.3, -0.25) is 4.90 Å². The third-order valence-electron chi connectivity index (χ3n) is 7.53. The Morgan fingerprint density at radius 3 is 2.06 bits per heavy atom. The first-order valence-corrected chi connectivity index (χ1v) is 12.1. The van der Waals surface area contributed by atoms with Crippen molar-refractivity contribution in [1.29, 1.82) is 0 Å². The summed E-state index contributed by atoms with van der Waals surface area (Å²) in [6.07, 6.45) is 1.51. The van der Waals surface area contributed by atoms with Crippen LogP contribution in [-0.2, 0) is 14.2 Å². The summed E-state index contributed by atoms with van der Waals surface area (Å²) in [6, 6.07) is 13.7.